The molecule has 0 atom stereocenters. The van der Waals surface area contributed by atoms with Crippen LogP contribution in [0.5, 0.6) is 5.88 Å². The summed E-state index contributed by atoms with van der Waals surface area (Å²) in [5.41, 5.74) is 2.23. The molecule has 1 aliphatic heterocycles. The number of hydrogen-bond donors (Lipinski definition) is 0. The molecule has 1 fully saturated rings. The number of pyridine rings is 1. The first-order valence-corrected chi connectivity index (χ1v) is 6.46. The summed E-state index contributed by atoms with van der Waals surface area (Å²) in [7, 11) is 1.64. The summed E-state index contributed by atoms with van der Waals surface area (Å²) >= 11 is 0. The van der Waals surface area contributed by atoms with E-state index in [1.54, 1.807) is 7.11 Å². The van der Waals surface area contributed by atoms with Crippen LogP contribution >= 0.6 is 0 Å². The van der Waals surface area contributed by atoms with Crippen LogP contribution < -0.4 is 10.2 Å². The Kier molecular flexibility index (Phi) is 3.18. The van der Waals surface area contributed by atoms with Crippen LogP contribution in [-0.4, -0.2) is 24.6 Å². The molecular weight excluding hydrogens is 225 g/mol. The molecule has 2 rings (SSSR count). The summed E-state index contributed by atoms with van der Waals surface area (Å²) in [6, 6.07) is 3.98. The Bertz CT molecular complexity index is 441. The fourth-order valence-corrected chi connectivity index (χ4v) is 2.44. The lowest BCUT2D eigenvalue weighted by atomic mass is 9.54. The Morgan fingerprint density at radius 1 is 1.28 bits per heavy atom. The van der Waals surface area contributed by atoms with Gasteiger partial charge in [-0.15, -0.1) is 0 Å². The van der Waals surface area contributed by atoms with Crippen LogP contribution in [0, 0.1) is 12.3 Å². The molecule has 0 radical (unpaired) electrons. The summed E-state index contributed by atoms with van der Waals surface area (Å²) in [4.78, 5) is 4.43. The molecule has 0 spiro atoms. The number of aryl methyl sites for hydroxylation is 1. The lowest BCUT2D eigenvalue weighted by Crippen LogP contribution is -2.37. The first-order valence-electron chi connectivity index (χ1n) is 6.46. The van der Waals surface area contributed by atoms with Crippen molar-refractivity contribution >= 4 is 12.4 Å². The highest BCUT2D eigenvalue weighted by molar-refractivity contribution is 6.68. The molecular formula is C14H22BNO2. The second kappa shape index (κ2) is 4.27. The van der Waals surface area contributed by atoms with Gasteiger partial charge in [0, 0.05) is 5.69 Å². The zero-order valence-corrected chi connectivity index (χ0v) is 12.2. The van der Waals surface area contributed by atoms with Crippen molar-refractivity contribution in [3.05, 3.63) is 17.8 Å². The molecule has 3 nitrogen and oxygen atoms in total. The second-order valence-electron chi connectivity index (χ2n) is 6.23. The Morgan fingerprint density at radius 3 is 2.39 bits per heavy atom. The van der Waals surface area contributed by atoms with Crippen LogP contribution in [0.1, 0.15) is 33.4 Å². The standard InChI is InChI=1S/C14H22BNO2/c1-10-11(7-8-12(16-10)17-6)15-9-13(2,3)14(4,5)18-15/h7-8H,9H2,1-6H3. The molecule has 0 bridgehead atoms. The lowest BCUT2D eigenvalue weighted by Gasteiger charge is -2.34. The maximum Gasteiger partial charge on any atom is 0.329 e. The molecule has 2 heterocycles. The van der Waals surface area contributed by atoms with Gasteiger partial charge in [0.2, 0.25) is 5.88 Å². The predicted octanol–water partition coefficient (Wildman–Crippen LogP) is 2.43. The molecule has 0 amide bonds. The third-order valence-corrected chi connectivity index (χ3v) is 4.42. The van der Waals surface area contributed by atoms with Crippen LogP contribution in [0.2, 0.25) is 6.32 Å². The second-order valence-corrected chi connectivity index (χ2v) is 6.23. The minimum atomic E-state index is -0.107. The van der Waals surface area contributed by atoms with Gasteiger partial charge in [0.1, 0.15) is 0 Å². The van der Waals surface area contributed by atoms with Gasteiger partial charge in [-0.25, -0.2) is 4.98 Å². The minimum absolute atomic E-state index is 0.107. The van der Waals surface area contributed by atoms with Crippen molar-refractivity contribution in [1.29, 1.82) is 0 Å². The molecule has 0 aliphatic carbocycles. The first kappa shape index (κ1) is 13.4. The summed E-state index contributed by atoms with van der Waals surface area (Å²) in [6.45, 7) is 11.0. The van der Waals surface area contributed by atoms with Gasteiger partial charge in [-0.05, 0) is 44.0 Å². The van der Waals surface area contributed by atoms with Crippen LogP contribution in [-0.2, 0) is 4.65 Å². The van der Waals surface area contributed by atoms with E-state index in [-0.39, 0.29) is 17.9 Å². The van der Waals surface area contributed by atoms with Crippen LogP contribution in [0.25, 0.3) is 0 Å². The molecule has 18 heavy (non-hydrogen) atoms. The monoisotopic (exact) mass is 247 g/mol. The van der Waals surface area contributed by atoms with E-state index in [9.17, 15) is 0 Å². The van der Waals surface area contributed by atoms with E-state index in [4.69, 9.17) is 9.39 Å². The summed E-state index contributed by atoms with van der Waals surface area (Å²) in [5.74, 6) is 0.660. The lowest BCUT2D eigenvalue weighted by molar-refractivity contribution is 0.0375. The number of nitrogens with zero attached hydrogens (tertiary/aromatic N) is 1. The maximum atomic E-state index is 6.22. The van der Waals surface area contributed by atoms with E-state index in [2.05, 4.69) is 38.7 Å². The van der Waals surface area contributed by atoms with Crippen LogP contribution in [0.4, 0.5) is 0 Å². The van der Waals surface area contributed by atoms with Gasteiger partial charge in [0.05, 0.1) is 12.7 Å². The molecule has 0 N–H and O–H groups in total. The third-order valence-electron chi connectivity index (χ3n) is 4.42. The van der Waals surface area contributed by atoms with Crippen molar-refractivity contribution in [3.8, 4) is 5.88 Å². The molecule has 1 aliphatic rings. The maximum absolute atomic E-state index is 6.22. The molecule has 0 aromatic carbocycles. The van der Waals surface area contributed by atoms with E-state index in [1.165, 1.54) is 5.46 Å². The van der Waals surface area contributed by atoms with Gasteiger partial charge in [-0.3, -0.25) is 0 Å². The Hall–Kier alpha value is -1.03. The first-order chi connectivity index (χ1) is 8.27. The molecule has 1 saturated heterocycles. The Labute approximate surface area is 110 Å². The average molecular weight is 247 g/mol. The molecule has 1 aromatic heterocycles. The Morgan fingerprint density at radius 2 is 1.94 bits per heavy atom. The van der Waals surface area contributed by atoms with E-state index >= 15 is 0 Å². The van der Waals surface area contributed by atoms with Gasteiger partial charge < -0.3 is 9.39 Å². The molecule has 98 valence electrons. The molecule has 1 aromatic rings. The smallest absolute Gasteiger partial charge is 0.329 e. The molecule has 0 saturated carbocycles. The highest BCUT2D eigenvalue weighted by Crippen LogP contribution is 2.45. The van der Waals surface area contributed by atoms with Crippen molar-refractivity contribution in [3.63, 3.8) is 0 Å². The predicted molar refractivity (Wildman–Crippen MR) is 74.7 cm³/mol. The zero-order chi connectivity index (χ0) is 13.6. The van der Waals surface area contributed by atoms with E-state index in [1.807, 2.05) is 13.0 Å². The zero-order valence-electron chi connectivity index (χ0n) is 12.2. The fourth-order valence-electron chi connectivity index (χ4n) is 2.44. The summed E-state index contributed by atoms with van der Waals surface area (Å²) in [5, 5.41) is 0. The highest BCUT2D eigenvalue weighted by Gasteiger charge is 2.50. The van der Waals surface area contributed by atoms with Crippen LogP contribution in [0.3, 0.4) is 0 Å². The van der Waals surface area contributed by atoms with Crippen molar-refractivity contribution in [1.82, 2.24) is 4.98 Å². The van der Waals surface area contributed by atoms with Gasteiger partial charge in [0.25, 0.3) is 0 Å². The fraction of sp³-hybridized carbons (Fsp3) is 0.643. The van der Waals surface area contributed by atoms with Crippen molar-refractivity contribution in [2.24, 2.45) is 5.41 Å². The normalized spacial score (nSPS) is 21.1. The highest BCUT2D eigenvalue weighted by atomic mass is 16.5. The van der Waals surface area contributed by atoms with Crippen molar-refractivity contribution in [2.75, 3.05) is 7.11 Å². The van der Waals surface area contributed by atoms with Gasteiger partial charge in [-0.2, -0.15) is 0 Å². The van der Waals surface area contributed by atoms with Gasteiger partial charge in [-0.1, -0.05) is 19.9 Å². The average Bonchev–Trinajstić information content (AvgIpc) is 2.47. The van der Waals surface area contributed by atoms with Crippen LogP contribution in [0.15, 0.2) is 12.1 Å². The summed E-state index contributed by atoms with van der Waals surface area (Å²) < 4.78 is 11.4. The SMILES string of the molecule is COc1ccc(B2CC(C)(C)C(C)(C)O2)c(C)n1. The number of ether oxygens (including phenoxy) is 1. The van der Waals surface area contributed by atoms with Gasteiger partial charge in [0.15, 0.2) is 0 Å². The topological polar surface area (TPSA) is 31.4 Å². The number of rotatable bonds is 2. The summed E-state index contributed by atoms with van der Waals surface area (Å²) in [6.07, 6.45) is 1.02. The van der Waals surface area contributed by atoms with Gasteiger partial charge >= 0.3 is 6.92 Å². The molecule has 4 heteroatoms. The largest absolute Gasteiger partial charge is 0.481 e. The van der Waals surface area contributed by atoms with E-state index in [0.717, 1.165) is 12.0 Å². The van der Waals surface area contributed by atoms with E-state index in [0.29, 0.717) is 5.88 Å². The van der Waals surface area contributed by atoms with Crippen molar-refractivity contribution < 1.29 is 9.39 Å². The van der Waals surface area contributed by atoms with Crippen molar-refractivity contribution in [2.45, 2.75) is 46.5 Å². The molecule has 0 unspecified atom stereocenters. The number of aromatic nitrogens is 1. The quantitative estimate of drug-likeness (QED) is 0.752. The Balaban J connectivity index is 2.30. The number of methoxy groups -OCH3 is 1. The van der Waals surface area contributed by atoms with E-state index < -0.39 is 0 Å². The minimum Gasteiger partial charge on any atom is -0.481 e. The number of hydrogen-bond acceptors (Lipinski definition) is 3. The third kappa shape index (κ3) is 2.14.